The molecular weight excluding hydrogens is 514 g/mol. The minimum atomic E-state index is -4.73. The summed E-state index contributed by atoms with van der Waals surface area (Å²) in [5, 5.41) is 6.78. The van der Waals surface area contributed by atoms with E-state index in [4.69, 9.17) is 14.6 Å². The summed E-state index contributed by atoms with van der Waals surface area (Å²) in [6.07, 6.45) is -1.52. The molecular formula is C24H21F4N5O3S. The molecule has 1 fully saturated rings. The number of carbonyl (C=O) groups excluding carboxylic acids is 1. The van der Waals surface area contributed by atoms with Gasteiger partial charge >= 0.3 is 6.18 Å². The Bertz CT molecular complexity index is 1310. The fraction of sp³-hybridized carbons (Fsp3) is 0.375. The molecule has 13 heteroatoms. The van der Waals surface area contributed by atoms with E-state index in [1.807, 2.05) is 5.38 Å². The Hall–Kier alpha value is -3.61. The Labute approximate surface area is 213 Å². The molecule has 3 aromatic rings. The van der Waals surface area contributed by atoms with E-state index in [2.05, 4.69) is 15.1 Å². The quantitative estimate of drug-likeness (QED) is 0.424. The normalized spacial score (nSPS) is 18.4. The highest BCUT2D eigenvalue weighted by Crippen LogP contribution is 2.35. The van der Waals surface area contributed by atoms with Gasteiger partial charge in [0.05, 0.1) is 5.69 Å². The molecule has 2 aliphatic rings. The third kappa shape index (κ3) is 5.55. The first kappa shape index (κ1) is 25.1. The lowest BCUT2D eigenvalue weighted by molar-refractivity contribution is -0.144. The van der Waals surface area contributed by atoms with Crippen LogP contribution in [0.1, 0.15) is 53.2 Å². The van der Waals surface area contributed by atoms with Gasteiger partial charge in [0, 0.05) is 48.8 Å². The van der Waals surface area contributed by atoms with Gasteiger partial charge in [-0.3, -0.25) is 4.79 Å². The molecule has 0 N–H and O–H groups in total. The summed E-state index contributed by atoms with van der Waals surface area (Å²) >= 11 is 1.44. The molecule has 0 bridgehead atoms. The van der Waals surface area contributed by atoms with Gasteiger partial charge in [-0.25, -0.2) is 19.3 Å². The van der Waals surface area contributed by atoms with Crippen LogP contribution in [-0.4, -0.2) is 51.2 Å². The number of nitrogens with zero attached hydrogens (tertiary/aromatic N) is 5. The number of benzene rings is 1. The van der Waals surface area contributed by atoms with Crippen LogP contribution in [0.3, 0.4) is 0 Å². The van der Waals surface area contributed by atoms with Crippen LogP contribution in [0.25, 0.3) is 0 Å². The minimum Gasteiger partial charge on any atom is -0.466 e. The molecule has 8 nitrogen and oxygen atoms in total. The second-order valence-corrected chi connectivity index (χ2v) is 9.44. The molecule has 37 heavy (non-hydrogen) atoms. The topological polar surface area (TPSA) is 89.8 Å². The fourth-order valence-corrected chi connectivity index (χ4v) is 5.18. The number of amides is 1. The van der Waals surface area contributed by atoms with Crippen LogP contribution in [0.4, 0.5) is 17.6 Å². The molecule has 1 amide bonds. The van der Waals surface area contributed by atoms with Gasteiger partial charge in [0.2, 0.25) is 11.6 Å². The van der Waals surface area contributed by atoms with Crippen molar-refractivity contribution in [1.82, 2.24) is 19.9 Å². The van der Waals surface area contributed by atoms with E-state index in [0.29, 0.717) is 48.6 Å². The van der Waals surface area contributed by atoms with Gasteiger partial charge in [-0.15, -0.1) is 11.3 Å². The van der Waals surface area contributed by atoms with Gasteiger partial charge in [0.1, 0.15) is 16.5 Å². The van der Waals surface area contributed by atoms with Gasteiger partial charge in [0.25, 0.3) is 5.91 Å². The number of aromatic nitrogens is 3. The van der Waals surface area contributed by atoms with E-state index in [1.54, 1.807) is 23.1 Å². The highest BCUT2D eigenvalue weighted by atomic mass is 32.1. The summed E-state index contributed by atoms with van der Waals surface area (Å²) in [7, 11) is 0. The molecule has 1 atom stereocenters. The average Bonchev–Trinajstić information content (AvgIpc) is 3.58. The lowest BCUT2D eigenvalue weighted by Gasteiger charge is -2.31. The summed E-state index contributed by atoms with van der Waals surface area (Å²) in [6, 6.07) is 6.43. The average molecular weight is 536 g/mol. The van der Waals surface area contributed by atoms with Crippen molar-refractivity contribution in [3.8, 4) is 5.88 Å². The van der Waals surface area contributed by atoms with E-state index in [9.17, 15) is 22.4 Å². The molecule has 0 spiro atoms. The first-order valence-corrected chi connectivity index (χ1v) is 12.4. The number of piperidine rings is 1. The highest BCUT2D eigenvalue weighted by molar-refractivity contribution is 7.11. The lowest BCUT2D eigenvalue weighted by Crippen LogP contribution is -2.40. The molecule has 0 radical (unpaired) electrons. The number of likely N-dealkylation sites (tertiary alicyclic amines) is 1. The Morgan fingerprint density at radius 2 is 1.92 bits per heavy atom. The second-order valence-electron chi connectivity index (χ2n) is 8.59. The fourth-order valence-electron chi connectivity index (χ4n) is 4.28. The van der Waals surface area contributed by atoms with Crippen LogP contribution >= 0.6 is 11.3 Å². The summed E-state index contributed by atoms with van der Waals surface area (Å²) in [5.41, 5.74) is 0.734. The first-order valence-electron chi connectivity index (χ1n) is 11.5. The molecule has 2 aromatic heterocycles. The Morgan fingerprint density at radius 3 is 2.68 bits per heavy atom. The third-order valence-electron chi connectivity index (χ3n) is 6.22. The second kappa shape index (κ2) is 10.4. The van der Waals surface area contributed by atoms with Crippen LogP contribution in [-0.2, 0) is 15.8 Å². The number of oxime groups is 1. The predicted molar refractivity (Wildman–Crippen MR) is 125 cm³/mol. The molecule has 1 saturated heterocycles. The molecule has 0 saturated carbocycles. The van der Waals surface area contributed by atoms with E-state index >= 15 is 0 Å². The van der Waals surface area contributed by atoms with Crippen LogP contribution in [0.15, 0.2) is 47.2 Å². The van der Waals surface area contributed by atoms with Crippen molar-refractivity contribution >= 4 is 23.0 Å². The first-order chi connectivity index (χ1) is 17.8. The Morgan fingerprint density at radius 1 is 1.16 bits per heavy atom. The third-order valence-corrected chi connectivity index (χ3v) is 7.13. The van der Waals surface area contributed by atoms with E-state index < -0.39 is 36.4 Å². The van der Waals surface area contributed by atoms with Crippen molar-refractivity contribution in [3.63, 3.8) is 0 Å². The maximum atomic E-state index is 14.1. The standard InChI is InChI=1S/C24H21F4N5O3S/c25-16-4-2-1-3-15(16)19-11-17(32-36-19)23-31-18(13-37-23)14-5-9-33(10-6-14)20(34)12-35-22-21(24(26,27)28)29-7-8-30-22/h1-4,7-8,13-14,19H,5-6,9-12H2. The Balaban J connectivity index is 1.13. The summed E-state index contributed by atoms with van der Waals surface area (Å²) in [5.74, 6) is -1.36. The van der Waals surface area contributed by atoms with Gasteiger partial charge in [-0.1, -0.05) is 23.4 Å². The smallest absolute Gasteiger partial charge is 0.438 e. The van der Waals surface area contributed by atoms with E-state index in [0.717, 1.165) is 18.1 Å². The zero-order chi connectivity index (χ0) is 26.0. The van der Waals surface area contributed by atoms with Crippen LogP contribution in [0.2, 0.25) is 0 Å². The van der Waals surface area contributed by atoms with Crippen molar-refractivity contribution < 1.29 is 31.9 Å². The molecule has 1 aromatic carbocycles. The summed E-state index contributed by atoms with van der Waals surface area (Å²) in [6.45, 7) is 0.285. The molecule has 0 aliphatic carbocycles. The molecule has 1 unspecified atom stereocenters. The lowest BCUT2D eigenvalue weighted by atomic mass is 9.94. The number of alkyl halides is 3. The highest BCUT2D eigenvalue weighted by Gasteiger charge is 2.37. The van der Waals surface area contributed by atoms with Crippen molar-refractivity contribution in [2.45, 2.75) is 37.5 Å². The van der Waals surface area contributed by atoms with Gasteiger partial charge in [-0.05, 0) is 18.9 Å². The number of hydrogen-bond donors (Lipinski definition) is 0. The van der Waals surface area contributed by atoms with Crippen LogP contribution in [0, 0.1) is 5.82 Å². The summed E-state index contributed by atoms with van der Waals surface area (Å²) < 4.78 is 58.2. The predicted octanol–water partition coefficient (Wildman–Crippen LogP) is 4.74. The van der Waals surface area contributed by atoms with Crippen LogP contribution < -0.4 is 4.74 Å². The zero-order valence-electron chi connectivity index (χ0n) is 19.3. The minimum absolute atomic E-state index is 0.122. The van der Waals surface area contributed by atoms with Crippen molar-refractivity contribution in [2.75, 3.05) is 19.7 Å². The maximum absolute atomic E-state index is 14.1. The molecule has 194 valence electrons. The number of carbonyl (C=O) groups is 1. The van der Waals surface area contributed by atoms with Crippen molar-refractivity contribution in [2.24, 2.45) is 5.16 Å². The van der Waals surface area contributed by atoms with E-state index in [1.165, 1.54) is 17.4 Å². The number of ether oxygens (including phenoxy) is 1. The van der Waals surface area contributed by atoms with E-state index in [-0.39, 0.29) is 11.7 Å². The molecule has 5 rings (SSSR count). The van der Waals surface area contributed by atoms with Gasteiger partial charge in [0.15, 0.2) is 12.7 Å². The van der Waals surface area contributed by atoms with Gasteiger partial charge in [-0.2, -0.15) is 13.2 Å². The van der Waals surface area contributed by atoms with Crippen LogP contribution in [0.5, 0.6) is 5.88 Å². The molecule has 4 heterocycles. The maximum Gasteiger partial charge on any atom is 0.438 e. The SMILES string of the molecule is O=C(COc1nccnc1C(F)(F)F)N1CCC(c2csc(C3=NOC(c4ccccc4F)C3)n2)CC1. The van der Waals surface area contributed by atoms with Gasteiger partial charge < -0.3 is 14.5 Å². The number of hydrogen-bond acceptors (Lipinski definition) is 8. The number of halogens is 4. The molecule has 2 aliphatic heterocycles. The monoisotopic (exact) mass is 535 g/mol. The number of thiazole rings is 1. The van der Waals surface area contributed by atoms with Crippen molar-refractivity contribution in [3.05, 3.63) is 69.8 Å². The largest absolute Gasteiger partial charge is 0.466 e. The summed E-state index contributed by atoms with van der Waals surface area (Å²) in [4.78, 5) is 31.1. The Kier molecular flexibility index (Phi) is 7.04. The van der Waals surface area contributed by atoms with Crippen molar-refractivity contribution in [1.29, 1.82) is 0 Å². The zero-order valence-corrected chi connectivity index (χ0v) is 20.1. The number of rotatable bonds is 6.